The van der Waals surface area contributed by atoms with Crippen LogP contribution in [-0.2, 0) is 0 Å². The summed E-state index contributed by atoms with van der Waals surface area (Å²) in [4.78, 5) is 11.5. The summed E-state index contributed by atoms with van der Waals surface area (Å²) in [6.45, 7) is 6.61. The van der Waals surface area contributed by atoms with Crippen LogP contribution < -0.4 is 16.4 Å². The van der Waals surface area contributed by atoms with Crippen molar-refractivity contribution in [3.63, 3.8) is 0 Å². The lowest BCUT2D eigenvalue weighted by atomic mass is 9.85. The summed E-state index contributed by atoms with van der Waals surface area (Å²) in [6.07, 6.45) is 4.69. The highest BCUT2D eigenvalue weighted by atomic mass is 16.2. The maximum atomic E-state index is 11.5. The van der Waals surface area contributed by atoms with E-state index >= 15 is 0 Å². The van der Waals surface area contributed by atoms with Crippen molar-refractivity contribution in [1.29, 1.82) is 0 Å². The van der Waals surface area contributed by atoms with Crippen LogP contribution in [0.15, 0.2) is 0 Å². The van der Waals surface area contributed by atoms with Gasteiger partial charge in [-0.1, -0.05) is 12.8 Å². The molecule has 1 aliphatic carbocycles. The first-order valence-corrected chi connectivity index (χ1v) is 6.20. The molecule has 94 valence electrons. The van der Waals surface area contributed by atoms with Crippen molar-refractivity contribution in [3.05, 3.63) is 0 Å². The predicted octanol–water partition coefficient (Wildman–Crippen LogP) is 1.60. The predicted molar refractivity (Wildman–Crippen MR) is 66.2 cm³/mol. The van der Waals surface area contributed by atoms with Crippen LogP contribution in [0.2, 0.25) is 0 Å². The van der Waals surface area contributed by atoms with Gasteiger partial charge in [-0.3, -0.25) is 0 Å². The molecular formula is C12H25N3O. The van der Waals surface area contributed by atoms with Gasteiger partial charge in [0.25, 0.3) is 0 Å². The minimum absolute atomic E-state index is 0.0923. The molecule has 4 N–H and O–H groups in total. The quantitative estimate of drug-likeness (QED) is 0.671. The van der Waals surface area contributed by atoms with Crippen LogP contribution in [-0.4, -0.2) is 24.2 Å². The highest BCUT2D eigenvalue weighted by Gasteiger charge is 2.22. The summed E-state index contributed by atoms with van der Waals surface area (Å²) >= 11 is 0. The Kier molecular flexibility index (Phi) is 4.59. The number of carbonyl (C=O) groups excluding carboxylic acids is 1. The van der Waals surface area contributed by atoms with E-state index in [9.17, 15) is 4.79 Å². The summed E-state index contributed by atoms with van der Waals surface area (Å²) < 4.78 is 0. The number of hydrogen-bond acceptors (Lipinski definition) is 2. The molecule has 0 aliphatic heterocycles. The molecule has 0 spiro atoms. The molecule has 2 atom stereocenters. The van der Waals surface area contributed by atoms with Crippen molar-refractivity contribution >= 4 is 6.03 Å². The summed E-state index contributed by atoms with van der Waals surface area (Å²) in [5, 5.41) is 5.79. The van der Waals surface area contributed by atoms with Gasteiger partial charge in [-0.05, 0) is 39.5 Å². The lowest BCUT2D eigenvalue weighted by molar-refractivity contribution is 0.225. The van der Waals surface area contributed by atoms with Crippen molar-refractivity contribution in [2.75, 3.05) is 6.54 Å². The first-order valence-electron chi connectivity index (χ1n) is 6.20. The second-order valence-corrected chi connectivity index (χ2v) is 5.79. The second-order valence-electron chi connectivity index (χ2n) is 5.79. The average Bonchev–Trinajstić information content (AvgIpc) is 2.14. The largest absolute Gasteiger partial charge is 0.338 e. The summed E-state index contributed by atoms with van der Waals surface area (Å²) in [6, 6.07) is 0.161. The van der Waals surface area contributed by atoms with Gasteiger partial charge in [0.1, 0.15) is 0 Å². The van der Waals surface area contributed by atoms with Gasteiger partial charge in [0.2, 0.25) is 0 Å². The van der Waals surface area contributed by atoms with Gasteiger partial charge in [0, 0.05) is 18.1 Å². The van der Waals surface area contributed by atoms with E-state index in [4.69, 9.17) is 5.73 Å². The zero-order valence-corrected chi connectivity index (χ0v) is 10.7. The Morgan fingerprint density at radius 2 is 1.94 bits per heavy atom. The van der Waals surface area contributed by atoms with Crippen LogP contribution in [0, 0.1) is 5.92 Å². The van der Waals surface area contributed by atoms with Gasteiger partial charge < -0.3 is 16.4 Å². The van der Waals surface area contributed by atoms with Crippen LogP contribution in [0.1, 0.15) is 46.5 Å². The topological polar surface area (TPSA) is 67.2 Å². The Labute approximate surface area is 98.3 Å². The molecule has 0 aromatic rings. The Morgan fingerprint density at radius 1 is 1.31 bits per heavy atom. The van der Waals surface area contributed by atoms with E-state index in [-0.39, 0.29) is 17.6 Å². The van der Waals surface area contributed by atoms with E-state index in [1.807, 2.05) is 20.8 Å². The third kappa shape index (κ3) is 4.84. The van der Waals surface area contributed by atoms with E-state index in [1.54, 1.807) is 0 Å². The number of urea groups is 1. The standard InChI is InChI=1S/C12H25N3O/c1-12(2,3)15-11(16)14-8-9-6-4-5-7-10(9)13/h9-10H,4-8,13H2,1-3H3,(H2,14,15,16). The number of nitrogens with one attached hydrogen (secondary N) is 2. The molecule has 2 unspecified atom stereocenters. The summed E-state index contributed by atoms with van der Waals surface area (Å²) in [7, 11) is 0. The molecule has 2 amide bonds. The van der Waals surface area contributed by atoms with Crippen molar-refractivity contribution in [1.82, 2.24) is 10.6 Å². The summed E-state index contributed by atoms with van der Waals surface area (Å²) in [5.74, 6) is 0.444. The minimum atomic E-state index is -0.182. The van der Waals surface area contributed by atoms with Gasteiger partial charge >= 0.3 is 6.03 Å². The fourth-order valence-electron chi connectivity index (χ4n) is 2.10. The first kappa shape index (κ1) is 13.3. The van der Waals surface area contributed by atoms with Crippen LogP contribution in [0.3, 0.4) is 0 Å². The van der Waals surface area contributed by atoms with E-state index < -0.39 is 0 Å². The molecule has 1 saturated carbocycles. The monoisotopic (exact) mass is 227 g/mol. The smallest absolute Gasteiger partial charge is 0.315 e. The summed E-state index contributed by atoms with van der Waals surface area (Å²) in [5.41, 5.74) is 5.84. The zero-order valence-electron chi connectivity index (χ0n) is 10.7. The fraction of sp³-hybridized carbons (Fsp3) is 0.917. The average molecular weight is 227 g/mol. The molecule has 0 saturated heterocycles. The molecule has 1 aliphatic rings. The minimum Gasteiger partial charge on any atom is -0.338 e. The van der Waals surface area contributed by atoms with E-state index in [2.05, 4.69) is 10.6 Å². The molecule has 0 aromatic heterocycles. The number of rotatable bonds is 2. The van der Waals surface area contributed by atoms with Crippen molar-refractivity contribution in [2.24, 2.45) is 11.7 Å². The lowest BCUT2D eigenvalue weighted by Gasteiger charge is -2.29. The highest BCUT2D eigenvalue weighted by molar-refractivity contribution is 5.74. The fourth-order valence-corrected chi connectivity index (χ4v) is 2.10. The Bertz CT molecular complexity index is 235. The SMILES string of the molecule is CC(C)(C)NC(=O)NCC1CCCCC1N. The van der Waals surface area contributed by atoms with Crippen molar-refractivity contribution < 1.29 is 4.79 Å². The molecule has 0 heterocycles. The Morgan fingerprint density at radius 3 is 2.50 bits per heavy atom. The van der Waals surface area contributed by atoms with Crippen LogP contribution >= 0.6 is 0 Å². The van der Waals surface area contributed by atoms with Gasteiger partial charge in [-0.2, -0.15) is 0 Å². The molecule has 0 bridgehead atoms. The van der Waals surface area contributed by atoms with Crippen LogP contribution in [0.25, 0.3) is 0 Å². The number of hydrogen-bond donors (Lipinski definition) is 3. The zero-order chi connectivity index (χ0) is 12.2. The number of amides is 2. The molecule has 0 radical (unpaired) electrons. The molecule has 4 heteroatoms. The Hall–Kier alpha value is -0.770. The van der Waals surface area contributed by atoms with E-state index in [1.165, 1.54) is 12.8 Å². The van der Waals surface area contributed by atoms with Gasteiger partial charge in [0.15, 0.2) is 0 Å². The van der Waals surface area contributed by atoms with Crippen LogP contribution in [0.4, 0.5) is 4.79 Å². The number of carbonyl (C=O) groups is 1. The normalized spacial score (nSPS) is 26.2. The lowest BCUT2D eigenvalue weighted by Crippen LogP contribution is -2.49. The van der Waals surface area contributed by atoms with Gasteiger partial charge in [0.05, 0.1) is 0 Å². The van der Waals surface area contributed by atoms with Crippen molar-refractivity contribution in [2.45, 2.75) is 58.0 Å². The van der Waals surface area contributed by atoms with E-state index in [0.29, 0.717) is 12.5 Å². The molecule has 1 fully saturated rings. The maximum absolute atomic E-state index is 11.5. The second kappa shape index (κ2) is 5.53. The molecule has 4 nitrogen and oxygen atoms in total. The maximum Gasteiger partial charge on any atom is 0.315 e. The van der Waals surface area contributed by atoms with Crippen LogP contribution in [0.5, 0.6) is 0 Å². The van der Waals surface area contributed by atoms with Gasteiger partial charge in [-0.25, -0.2) is 4.79 Å². The van der Waals surface area contributed by atoms with Crippen molar-refractivity contribution in [3.8, 4) is 0 Å². The molecular weight excluding hydrogens is 202 g/mol. The molecule has 0 aromatic carbocycles. The molecule has 1 rings (SSSR count). The molecule has 16 heavy (non-hydrogen) atoms. The first-order chi connectivity index (χ1) is 7.38. The third-order valence-corrected chi connectivity index (χ3v) is 2.98. The number of nitrogens with two attached hydrogens (primary N) is 1. The Balaban J connectivity index is 2.25. The third-order valence-electron chi connectivity index (χ3n) is 2.98. The van der Waals surface area contributed by atoms with E-state index in [0.717, 1.165) is 12.8 Å². The highest BCUT2D eigenvalue weighted by Crippen LogP contribution is 2.22. The van der Waals surface area contributed by atoms with Gasteiger partial charge in [-0.15, -0.1) is 0 Å².